The van der Waals surface area contributed by atoms with E-state index in [4.69, 9.17) is 5.41 Å². The van der Waals surface area contributed by atoms with Crippen LogP contribution in [-0.4, -0.2) is 29.4 Å². The van der Waals surface area contributed by atoms with Gasteiger partial charge in [0.1, 0.15) is 0 Å². The smallest absolute Gasteiger partial charge is 0.158 e. The van der Waals surface area contributed by atoms with E-state index in [1.165, 1.54) is 22.9 Å². The molecular weight excluding hydrogens is 230 g/mol. The van der Waals surface area contributed by atoms with E-state index < -0.39 is 0 Å². The van der Waals surface area contributed by atoms with Crippen molar-refractivity contribution in [1.29, 1.82) is 5.41 Å². The molecule has 1 aromatic rings. The lowest BCUT2D eigenvalue weighted by Gasteiger charge is -2.25. The maximum Gasteiger partial charge on any atom is 0.158 e. The number of rotatable bonds is 2. The minimum absolute atomic E-state index is 0.525. The van der Waals surface area contributed by atoms with Crippen LogP contribution in [0.4, 0.5) is 5.69 Å². The van der Waals surface area contributed by atoms with E-state index in [-0.39, 0.29) is 0 Å². The lowest BCUT2D eigenvalue weighted by atomic mass is 9.99. The van der Waals surface area contributed by atoms with Crippen LogP contribution in [0.3, 0.4) is 0 Å². The molecule has 0 saturated heterocycles. The quantitative estimate of drug-likeness (QED) is 0.625. The second kappa shape index (κ2) is 5.56. The molecule has 2 rings (SSSR count). The van der Waals surface area contributed by atoms with E-state index in [1.54, 1.807) is 0 Å². The zero-order valence-electron chi connectivity index (χ0n) is 10.4. The molecule has 0 aliphatic carbocycles. The Kier molecular flexibility index (Phi) is 4.07. The Morgan fingerprint density at radius 3 is 3.06 bits per heavy atom. The molecule has 2 N–H and O–H groups in total. The molecule has 1 aliphatic heterocycles. The number of anilines is 1. The molecule has 0 aromatic heterocycles. The molecule has 0 fully saturated rings. The van der Waals surface area contributed by atoms with Crippen LogP contribution in [-0.2, 0) is 13.0 Å². The molecule has 0 atom stereocenters. The minimum Gasteiger partial charge on any atom is -0.335 e. The van der Waals surface area contributed by atoms with Crippen molar-refractivity contribution in [1.82, 2.24) is 4.90 Å². The molecule has 0 saturated carbocycles. The molecule has 3 nitrogen and oxygen atoms in total. The molecule has 0 spiro atoms. The van der Waals surface area contributed by atoms with Gasteiger partial charge in [-0.3, -0.25) is 5.41 Å². The number of nitrogens with one attached hydrogen (secondary N) is 2. The normalized spacial score (nSPS) is 15.4. The minimum atomic E-state index is 0.525. The van der Waals surface area contributed by atoms with Gasteiger partial charge in [0, 0.05) is 18.8 Å². The number of nitrogens with zero attached hydrogens (tertiary/aromatic N) is 1. The summed E-state index contributed by atoms with van der Waals surface area (Å²) in [4.78, 5) is 2.33. The molecule has 92 valence electrons. The van der Waals surface area contributed by atoms with E-state index in [9.17, 15) is 0 Å². The number of amidine groups is 1. The van der Waals surface area contributed by atoms with Crippen molar-refractivity contribution in [3.8, 4) is 0 Å². The van der Waals surface area contributed by atoms with Crippen LogP contribution in [0.5, 0.6) is 0 Å². The Morgan fingerprint density at radius 2 is 2.29 bits per heavy atom. The lowest BCUT2D eigenvalue weighted by molar-refractivity contribution is 0.313. The van der Waals surface area contributed by atoms with E-state index >= 15 is 0 Å². The summed E-state index contributed by atoms with van der Waals surface area (Å²) in [6.45, 7) is 4.21. The van der Waals surface area contributed by atoms with Gasteiger partial charge in [0.15, 0.2) is 5.17 Å². The first-order valence-corrected chi connectivity index (χ1v) is 6.96. The van der Waals surface area contributed by atoms with E-state index in [0.29, 0.717) is 5.17 Å². The highest BCUT2D eigenvalue weighted by molar-refractivity contribution is 8.14. The Balaban J connectivity index is 2.10. The summed E-state index contributed by atoms with van der Waals surface area (Å²) in [5, 5.41) is 11.4. The zero-order chi connectivity index (χ0) is 12.3. The molecular formula is C13H19N3S. The molecule has 4 heteroatoms. The van der Waals surface area contributed by atoms with E-state index in [0.717, 1.165) is 31.0 Å². The Hall–Kier alpha value is -1.00. The van der Waals surface area contributed by atoms with Gasteiger partial charge in [-0.05, 0) is 42.5 Å². The van der Waals surface area contributed by atoms with Gasteiger partial charge in [-0.1, -0.05) is 24.8 Å². The summed E-state index contributed by atoms with van der Waals surface area (Å²) in [7, 11) is 2.15. The van der Waals surface area contributed by atoms with Crippen LogP contribution in [0.1, 0.15) is 18.1 Å². The zero-order valence-corrected chi connectivity index (χ0v) is 11.2. The number of benzene rings is 1. The van der Waals surface area contributed by atoms with Crippen LogP contribution < -0.4 is 5.32 Å². The second-order valence-corrected chi connectivity index (χ2v) is 5.63. The third kappa shape index (κ3) is 3.23. The van der Waals surface area contributed by atoms with E-state index in [2.05, 4.69) is 42.4 Å². The summed E-state index contributed by atoms with van der Waals surface area (Å²) >= 11 is 1.53. The molecule has 0 unspecified atom stereocenters. The monoisotopic (exact) mass is 249 g/mol. The molecule has 0 bridgehead atoms. The molecule has 0 amide bonds. The van der Waals surface area contributed by atoms with Gasteiger partial charge in [-0.2, -0.15) is 0 Å². The van der Waals surface area contributed by atoms with Gasteiger partial charge in [-0.15, -0.1) is 0 Å². The van der Waals surface area contributed by atoms with Crippen molar-refractivity contribution in [3.63, 3.8) is 0 Å². The highest BCUT2D eigenvalue weighted by atomic mass is 32.2. The Morgan fingerprint density at radius 1 is 1.47 bits per heavy atom. The highest BCUT2D eigenvalue weighted by Crippen LogP contribution is 2.22. The van der Waals surface area contributed by atoms with E-state index in [1.807, 2.05) is 0 Å². The summed E-state index contributed by atoms with van der Waals surface area (Å²) < 4.78 is 0. The van der Waals surface area contributed by atoms with Gasteiger partial charge >= 0.3 is 0 Å². The standard InChI is InChI=1S/C13H19N3S/c1-3-17-13(14)15-12-5-4-10-6-7-16(2)9-11(10)8-12/h4-5,8H,3,6-7,9H2,1-2H3,(H2,14,15). The number of fused-ring (bicyclic) bond motifs is 1. The SMILES string of the molecule is CCSC(=N)Nc1ccc2c(c1)CN(C)CC2. The maximum atomic E-state index is 7.75. The van der Waals surface area contributed by atoms with Gasteiger partial charge in [0.25, 0.3) is 0 Å². The Labute approximate surface area is 107 Å². The van der Waals surface area contributed by atoms with Gasteiger partial charge in [0.2, 0.25) is 0 Å². The summed E-state index contributed by atoms with van der Waals surface area (Å²) in [6, 6.07) is 6.44. The summed E-state index contributed by atoms with van der Waals surface area (Å²) in [6.07, 6.45) is 1.13. The van der Waals surface area contributed by atoms with Crippen LogP contribution in [0.25, 0.3) is 0 Å². The van der Waals surface area contributed by atoms with Crippen LogP contribution in [0, 0.1) is 5.41 Å². The largest absolute Gasteiger partial charge is 0.335 e. The molecule has 1 aliphatic rings. The number of hydrogen-bond donors (Lipinski definition) is 2. The highest BCUT2D eigenvalue weighted by Gasteiger charge is 2.13. The first kappa shape index (κ1) is 12.5. The van der Waals surface area contributed by atoms with Crippen molar-refractivity contribution in [2.45, 2.75) is 19.9 Å². The fourth-order valence-electron chi connectivity index (χ4n) is 2.09. The maximum absolute atomic E-state index is 7.75. The van der Waals surface area contributed by atoms with Crippen LogP contribution in [0.2, 0.25) is 0 Å². The van der Waals surface area contributed by atoms with Crippen LogP contribution >= 0.6 is 11.8 Å². The first-order valence-electron chi connectivity index (χ1n) is 5.97. The third-order valence-electron chi connectivity index (χ3n) is 2.96. The fourth-order valence-corrected chi connectivity index (χ4v) is 2.57. The third-order valence-corrected chi connectivity index (χ3v) is 3.64. The van der Waals surface area contributed by atoms with Crippen LogP contribution in [0.15, 0.2) is 18.2 Å². The van der Waals surface area contributed by atoms with Gasteiger partial charge < -0.3 is 10.2 Å². The average molecular weight is 249 g/mol. The summed E-state index contributed by atoms with van der Waals surface area (Å²) in [5.41, 5.74) is 3.87. The predicted octanol–water partition coefficient (Wildman–Crippen LogP) is 2.77. The van der Waals surface area contributed by atoms with Crippen molar-refractivity contribution < 1.29 is 0 Å². The van der Waals surface area contributed by atoms with Gasteiger partial charge in [-0.25, -0.2) is 0 Å². The van der Waals surface area contributed by atoms with Crippen molar-refractivity contribution in [2.75, 3.05) is 24.7 Å². The first-order chi connectivity index (χ1) is 8.19. The van der Waals surface area contributed by atoms with Crippen molar-refractivity contribution in [3.05, 3.63) is 29.3 Å². The Bertz CT molecular complexity index is 417. The number of hydrogen-bond acceptors (Lipinski definition) is 3. The topological polar surface area (TPSA) is 39.1 Å². The lowest BCUT2D eigenvalue weighted by Crippen LogP contribution is -2.26. The second-order valence-electron chi connectivity index (χ2n) is 4.36. The predicted molar refractivity (Wildman–Crippen MR) is 76.0 cm³/mol. The van der Waals surface area contributed by atoms with Gasteiger partial charge in [0.05, 0.1) is 0 Å². The average Bonchev–Trinajstić information content (AvgIpc) is 2.28. The summed E-state index contributed by atoms with van der Waals surface area (Å²) in [5.74, 6) is 0.930. The number of likely N-dealkylation sites (N-methyl/N-ethyl adjacent to an activating group) is 1. The molecule has 1 aromatic carbocycles. The molecule has 17 heavy (non-hydrogen) atoms. The molecule has 1 heterocycles. The van der Waals surface area contributed by atoms with Crippen molar-refractivity contribution in [2.24, 2.45) is 0 Å². The fraction of sp³-hybridized carbons (Fsp3) is 0.462. The van der Waals surface area contributed by atoms with Crippen molar-refractivity contribution >= 4 is 22.6 Å². The number of thioether (sulfide) groups is 1. The molecule has 0 radical (unpaired) electrons.